The van der Waals surface area contributed by atoms with Crippen LogP contribution < -0.4 is 0 Å². The SMILES string of the molecule is O=C(O)C1CCC(=O)N1Cc1ccc([N+](=O)[O-])cc1Cl. The maximum absolute atomic E-state index is 11.7. The zero-order valence-corrected chi connectivity index (χ0v) is 11.0. The van der Waals surface area contributed by atoms with Gasteiger partial charge in [-0.2, -0.15) is 0 Å². The van der Waals surface area contributed by atoms with Crippen LogP contribution in [0.25, 0.3) is 0 Å². The van der Waals surface area contributed by atoms with Gasteiger partial charge in [-0.3, -0.25) is 14.9 Å². The molecule has 1 aromatic carbocycles. The fraction of sp³-hybridized carbons (Fsp3) is 0.333. The Balaban J connectivity index is 2.23. The number of nitrogens with zero attached hydrogens (tertiary/aromatic N) is 2. The van der Waals surface area contributed by atoms with Gasteiger partial charge in [0, 0.05) is 25.1 Å². The first-order chi connectivity index (χ1) is 9.40. The van der Waals surface area contributed by atoms with Crippen LogP contribution in [0.15, 0.2) is 18.2 Å². The van der Waals surface area contributed by atoms with Crippen molar-refractivity contribution >= 4 is 29.2 Å². The molecule has 1 unspecified atom stereocenters. The van der Waals surface area contributed by atoms with E-state index in [0.717, 1.165) is 0 Å². The summed E-state index contributed by atoms with van der Waals surface area (Å²) in [7, 11) is 0. The van der Waals surface area contributed by atoms with Crippen molar-refractivity contribution in [3.05, 3.63) is 38.9 Å². The van der Waals surface area contributed by atoms with E-state index in [0.29, 0.717) is 5.56 Å². The third kappa shape index (κ3) is 2.72. The number of nitro benzene ring substituents is 1. The van der Waals surface area contributed by atoms with Crippen LogP contribution in [0.4, 0.5) is 5.69 Å². The number of carbonyl (C=O) groups is 2. The molecule has 1 fully saturated rings. The van der Waals surface area contributed by atoms with Gasteiger partial charge in [-0.1, -0.05) is 11.6 Å². The number of rotatable bonds is 4. The Morgan fingerprint density at radius 2 is 2.25 bits per heavy atom. The van der Waals surface area contributed by atoms with Crippen molar-refractivity contribution in [3.8, 4) is 0 Å². The van der Waals surface area contributed by atoms with E-state index in [1.807, 2.05) is 0 Å². The van der Waals surface area contributed by atoms with Gasteiger partial charge in [-0.15, -0.1) is 0 Å². The van der Waals surface area contributed by atoms with Crippen molar-refractivity contribution in [3.63, 3.8) is 0 Å². The number of non-ortho nitro benzene ring substituents is 1. The largest absolute Gasteiger partial charge is 0.480 e. The molecule has 0 aliphatic carbocycles. The van der Waals surface area contributed by atoms with E-state index in [1.54, 1.807) is 0 Å². The molecule has 1 atom stereocenters. The molecule has 2 rings (SSSR count). The van der Waals surface area contributed by atoms with Crippen LogP contribution in [-0.4, -0.2) is 32.8 Å². The minimum atomic E-state index is -1.06. The summed E-state index contributed by atoms with van der Waals surface area (Å²) in [6, 6.07) is 3.03. The van der Waals surface area contributed by atoms with Crippen molar-refractivity contribution in [2.45, 2.75) is 25.4 Å². The van der Waals surface area contributed by atoms with Crippen LogP contribution in [-0.2, 0) is 16.1 Å². The molecule has 1 amide bonds. The van der Waals surface area contributed by atoms with Gasteiger partial charge < -0.3 is 10.0 Å². The van der Waals surface area contributed by atoms with Gasteiger partial charge in [-0.05, 0) is 18.1 Å². The summed E-state index contributed by atoms with van der Waals surface area (Å²) in [4.78, 5) is 34.0. The number of benzene rings is 1. The smallest absolute Gasteiger partial charge is 0.326 e. The Hall–Kier alpha value is -2.15. The average molecular weight is 299 g/mol. The number of nitro groups is 1. The second-order valence-electron chi connectivity index (χ2n) is 4.45. The first-order valence-electron chi connectivity index (χ1n) is 5.85. The number of amides is 1. The Morgan fingerprint density at radius 3 is 2.80 bits per heavy atom. The van der Waals surface area contributed by atoms with E-state index in [-0.39, 0.29) is 36.0 Å². The van der Waals surface area contributed by atoms with Crippen LogP contribution in [0, 0.1) is 10.1 Å². The minimum Gasteiger partial charge on any atom is -0.480 e. The average Bonchev–Trinajstić information content (AvgIpc) is 2.73. The first-order valence-corrected chi connectivity index (χ1v) is 6.23. The quantitative estimate of drug-likeness (QED) is 0.675. The normalized spacial score (nSPS) is 18.4. The van der Waals surface area contributed by atoms with Crippen molar-refractivity contribution in [1.29, 1.82) is 0 Å². The van der Waals surface area contributed by atoms with E-state index in [9.17, 15) is 19.7 Å². The number of halogens is 1. The Kier molecular flexibility index (Phi) is 3.89. The summed E-state index contributed by atoms with van der Waals surface area (Å²) >= 11 is 5.94. The number of carbonyl (C=O) groups excluding carboxylic acids is 1. The molecule has 0 radical (unpaired) electrons. The van der Waals surface area contributed by atoms with E-state index in [1.165, 1.54) is 23.1 Å². The van der Waals surface area contributed by atoms with Gasteiger partial charge in [0.05, 0.1) is 9.95 Å². The summed E-state index contributed by atoms with van der Waals surface area (Å²) in [6.07, 6.45) is 0.445. The van der Waals surface area contributed by atoms with Crippen LogP contribution in [0.5, 0.6) is 0 Å². The fourth-order valence-electron chi connectivity index (χ4n) is 2.15. The molecule has 1 saturated heterocycles. The molecule has 1 N–H and O–H groups in total. The summed E-state index contributed by atoms with van der Waals surface area (Å²) in [5, 5.41) is 19.8. The zero-order chi connectivity index (χ0) is 14.9. The van der Waals surface area contributed by atoms with Crippen LogP contribution in [0.2, 0.25) is 5.02 Å². The molecule has 1 aromatic rings. The second-order valence-corrected chi connectivity index (χ2v) is 4.85. The lowest BCUT2D eigenvalue weighted by atomic mass is 10.1. The Morgan fingerprint density at radius 1 is 1.55 bits per heavy atom. The summed E-state index contributed by atoms with van der Waals surface area (Å²) in [6.45, 7) is 0.0344. The van der Waals surface area contributed by atoms with Crippen LogP contribution >= 0.6 is 11.6 Å². The lowest BCUT2D eigenvalue weighted by Gasteiger charge is -2.22. The standard InChI is InChI=1S/C12H11ClN2O5/c13-9-5-8(15(19)20)2-1-7(9)6-14-10(12(17)18)3-4-11(14)16/h1-2,5,10H,3-4,6H2,(H,17,18). The maximum atomic E-state index is 11.7. The van der Waals surface area contributed by atoms with E-state index < -0.39 is 16.9 Å². The highest BCUT2D eigenvalue weighted by Gasteiger charge is 2.36. The molecule has 0 aromatic heterocycles. The van der Waals surface area contributed by atoms with Gasteiger partial charge in [-0.25, -0.2) is 4.79 Å². The number of hydrogen-bond donors (Lipinski definition) is 1. The highest BCUT2D eigenvalue weighted by molar-refractivity contribution is 6.31. The first kappa shape index (κ1) is 14.3. The summed E-state index contributed by atoms with van der Waals surface area (Å²) in [5.74, 6) is -1.32. The molecular formula is C12H11ClN2O5. The molecule has 7 nitrogen and oxygen atoms in total. The maximum Gasteiger partial charge on any atom is 0.326 e. The minimum absolute atomic E-state index is 0.0344. The third-order valence-corrected chi connectivity index (χ3v) is 3.55. The van der Waals surface area contributed by atoms with Crippen molar-refractivity contribution in [1.82, 2.24) is 4.90 Å². The van der Waals surface area contributed by atoms with Crippen molar-refractivity contribution in [2.75, 3.05) is 0 Å². The molecule has 0 saturated carbocycles. The number of aliphatic carboxylic acids is 1. The van der Waals surface area contributed by atoms with Gasteiger partial charge >= 0.3 is 5.97 Å². The molecule has 0 bridgehead atoms. The summed E-state index contributed by atoms with van der Waals surface area (Å²) < 4.78 is 0. The predicted octanol–water partition coefficient (Wildman–Crippen LogP) is 1.82. The van der Waals surface area contributed by atoms with Crippen LogP contribution in [0.3, 0.4) is 0 Å². The number of hydrogen-bond acceptors (Lipinski definition) is 4. The molecule has 8 heteroatoms. The van der Waals surface area contributed by atoms with Crippen molar-refractivity contribution in [2.24, 2.45) is 0 Å². The lowest BCUT2D eigenvalue weighted by molar-refractivity contribution is -0.384. The molecule has 1 aliphatic rings. The van der Waals surface area contributed by atoms with Gasteiger partial charge in [0.25, 0.3) is 5.69 Å². The monoisotopic (exact) mass is 298 g/mol. The van der Waals surface area contributed by atoms with Gasteiger partial charge in [0.2, 0.25) is 5.91 Å². The Labute approximate surface area is 118 Å². The molecule has 20 heavy (non-hydrogen) atoms. The zero-order valence-electron chi connectivity index (χ0n) is 10.3. The topological polar surface area (TPSA) is 101 Å². The molecule has 0 spiro atoms. The second kappa shape index (κ2) is 5.46. The molecule has 1 aliphatic heterocycles. The van der Waals surface area contributed by atoms with Gasteiger partial charge in [0.1, 0.15) is 6.04 Å². The number of carboxylic acid groups (broad SMARTS) is 1. The van der Waals surface area contributed by atoms with E-state index in [4.69, 9.17) is 16.7 Å². The van der Waals surface area contributed by atoms with E-state index in [2.05, 4.69) is 0 Å². The summed E-state index contributed by atoms with van der Waals surface area (Å²) in [5.41, 5.74) is 0.333. The lowest BCUT2D eigenvalue weighted by Crippen LogP contribution is -2.37. The molecule has 106 valence electrons. The van der Waals surface area contributed by atoms with E-state index >= 15 is 0 Å². The van der Waals surface area contributed by atoms with Crippen molar-refractivity contribution < 1.29 is 19.6 Å². The molecule has 1 heterocycles. The highest BCUT2D eigenvalue weighted by Crippen LogP contribution is 2.27. The van der Waals surface area contributed by atoms with Gasteiger partial charge in [0.15, 0.2) is 0 Å². The fourth-order valence-corrected chi connectivity index (χ4v) is 2.38. The third-order valence-electron chi connectivity index (χ3n) is 3.20. The number of carboxylic acids is 1. The Bertz CT molecular complexity index is 589. The van der Waals surface area contributed by atoms with Crippen LogP contribution in [0.1, 0.15) is 18.4 Å². The molecular weight excluding hydrogens is 288 g/mol. The highest BCUT2D eigenvalue weighted by atomic mass is 35.5. The predicted molar refractivity (Wildman–Crippen MR) is 69.3 cm³/mol. The number of likely N-dealkylation sites (tertiary alicyclic amines) is 1.